The molecule has 16 heteroatoms. The highest BCUT2D eigenvalue weighted by Crippen LogP contribution is 2.45. The Morgan fingerprint density at radius 3 is 2.53 bits per heavy atom. The second-order valence-corrected chi connectivity index (χ2v) is 15.2. The first-order chi connectivity index (χ1) is 24.3. The van der Waals surface area contributed by atoms with Gasteiger partial charge in [-0.15, -0.1) is 13.2 Å². The number of ether oxygens (including phenoxy) is 2. The number of sulfonamides is 1. The molecule has 2 saturated carbocycles. The van der Waals surface area contributed by atoms with Crippen molar-refractivity contribution in [2.75, 3.05) is 13.7 Å². The molecule has 3 fully saturated rings. The maximum absolute atomic E-state index is 14.1. The number of carboxylic acid groups (broad SMARTS) is 1. The Kier molecular flexibility index (Phi) is 11.5. The van der Waals surface area contributed by atoms with Gasteiger partial charge < -0.3 is 30.1 Å². The van der Waals surface area contributed by atoms with E-state index in [1.165, 1.54) is 18.1 Å². The largest absolute Gasteiger partial charge is 0.497 e. The summed E-state index contributed by atoms with van der Waals surface area (Å²) >= 11 is 0. The highest BCUT2D eigenvalue weighted by atomic mass is 32.2. The van der Waals surface area contributed by atoms with Gasteiger partial charge in [0.05, 0.1) is 29.9 Å². The van der Waals surface area contributed by atoms with E-state index in [2.05, 4.69) is 38.5 Å². The van der Waals surface area contributed by atoms with Gasteiger partial charge in [-0.25, -0.2) is 23.2 Å². The maximum Gasteiger partial charge on any atom is 0.405 e. The second-order valence-electron chi connectivity index (χ2n) is 13.3. The fraction of sp³-hybridized carbons (Fsp3) is 0.543. The third-order valence-electron chi connectivity index (χ3n) is 9.61. The van der Waals surface area contributed by atoms with Gasteiger partial charge in [-0.3, -0.25) is 19.1 Å². The standard InChI is InChI=1S/C35H46N6O9S/c1-5-8-9-10-11-12-27(38-34(45)46)32(43)41-20-23(50-31-25(7-3)36-26-16-13-22(49-4)17-28(26)37-31)18-29(41)30(42)39-35(19-21(35)6-2)33(44)40-51(47,48)24-14-15-24/h5-6,13,16-17,21,23-24,27,29,38H,1-2,7-12,14-15,18-20H2,3-4H3,(H,39,42)(H,40,44)(H,45,46)/t21-,23-,27+,29+,35-/m1/s1. The lowest BCUT2D eigenvalue weighted by atomic mass is 10.0. The number of unbranched alkanes of at least 4 members (excludes halogenated alkanes) is 3. The van der Waals surface area contributed by atoms with Crippen molar-refractivity contribution in [2.24, 2.45) is 5.92 Å². The molecule has 0 unspecified atom stereocenters. The number of allylic oxidation sites excluding steroid dienone is 1. The lowest BCUT2D eigenvalue weighted by Crippen LogP contribution is -2.58. The molecule has 0 spiro atoms. The number of hydrogen-bond acceptors (Lipinski definition) is 10. The summed E-state index contributed by atoms with van der Waals surface area (Å²) in [6.07, 6.45) is 5.68. The topological polar surface area (TPSA) is 206 Å². The fourth-order valence-electron chi connectivity index (χ4n) is 6.48. The van der Waals surface area contributed by atoms with Crippen LogP contribution in [0.3, 0.4) is 0 Å². The molecule has 2 aliphatic carbocycles. The molecule has 15 nitrogen and oxygen atoms in total. The molecule has 0 bridgehead atoms. The highest BCUT2D eigenvalue weighted by Gasteiger charge is 2.62. The van der Waals surface area contributed by atoms with Gasteiger partial charge >= 0.3 is 6.09 Å². The number of rotatable bonds is 18. The van der Waals surface area contributed by atoms with Crippen LogP contribution in [0.1, 0.15) is 70.4 Å². The van der Waals surface area contributed by atoms with Gasteiger partial charge in [-0.05, 0) is 57.1 Å². The number of amides is 4. The maximum atomic E-state index is 14.1. The predicted octanol–water partition coefficient (Wildman–Crippen LogP) is 2.99. The van der Waals surface area contributed by atoms with E-state index in [1.807, 2.05) is 6.92 Å². The van der Waals surface area contributed by atoms with Crippen molar-refractivity contribution in [2.45, 2.75) is 100 Å². The zero-order chi connectivity index (χ0) is 36.9. The van der Waals surface area contributed by atoms with Gasteiger partial charge in [0.1, 0.15) is 35.2 Å². The van der Waals surface area contributed by atoms with Crippen molar-refractivity contribution in [3.8, 4) is 11.6 Å². The summed E-state index contributed by atoms with van der Waals surface area (Å²) in [6, 6.07) is 2.93. The van der Waals surface area contributed by atoms with Crippen LogP contribution in [0, 0.1) is 5.92 Å². The normalized spacial score (nSPS) is 23.2. The number of aromatic nitrogens is 2. The summed E-state index contributed by atoms with van der Waals surface area (Å²) in [7, 11) is -2.37. The first-order valence-electron chi connectivity index (χ1n) is 17.3. The number of nitrogens with one attached hydrogen (secondary N) is 3. The third kappa shape index (κ3) is 8.60. The molecule has 2 aromatic rings. The van der Waals surface area contributed by atoms with Crippen LogP contribution in [0.4, 0.5) is 4.79 Å². The number of hydrogen-bond donors (Lipinski definition) is 4. The summed E-state index contributed by atoms with van der Waals surface area (Å²) in [5.74, 6) is -1.94. The molecule has 276 valence electrons. The van der Waals surface area contributed by atoms with E-state index in [-0.39, 0.29) is 31.7 Å². The predicted molar refractivity (Wildman–Crippen MR) is 187 cm³/mol. The molecule has 4 amide bonds. The molecular weight excluding hydrogens is 680 g/mol. The Morgan fingerprint density at radius 1 is 1.14 bits per heavy atom. The summed E-state index contributed by atoms with van der Waals surface area (Å²) in [5.41, 5.74) is 0.130. The molecule has 1 aromatic carbocycles. The first kappa shape index (κ1) is 37.5. The molecule has 51 heavy (non-hydrogen) atoms. The second kappa shape index (κ2) is 15.7. The van der Waals surface area contributed by atoms with Crippen molar-refractivity contribution in [1.29, 1.82) is 0 Å². The lowest BCUT2D eigenvalue weighted by molar-refractivity contribution is -0.141. The Labute approximate surface area is 297 Å². The number of benzene rings is 1. The van der Waals surface area contributed by atoms with Crippen LogP contribution in [0.25, 0.3) is 11.0 Å². The quantitative estimate of drug-likeness (QED) is 0.130. The smallest absolute Gasteiger partial charge is 0.405 e. The number of methoxy groups -OCH3 is 1. The van der Waals surface area contributed by atoms with Crippen molar-refractivity contribution in [3.05, 3.63) is 49.2 Å². The average Bonchev–Trinajstić information content (AvgIpc) is 4.03. The lowest BCUT2D eigenvalue weighted by Gasteiger charge is -2.29. The van der Waals surface area contributed by atoms with Crippen molar-refractivity contribution in [1.82, 2.24) is 30.2 Å². The Hall–Kier alpha value is -4.73. The minimum absolute atomic E-state index is 0.0193. The summed E-state index contributed by atoms with van der Waals surface area (Å²) in [5, 5.41) is 14.0. The number of carbonyl (C=O) groups is 4. The van der Waals surface area contributed by atoms with Crippen LogP contribution in [0.5, 0.6) is 11.6 Å². The van der Waals surface area contributed by atoms with Gasteiger partial charge in [-0.2, -0.15) is 0 Å². The molecule has 1 aromatic heterocycles. The summed E-state index contributed by atoms with van der Waals surface area (Å²) in [4.78, 5) is 64.1. The highest BCUT2D eigenvalue weighted by molar-refractivity contribution is 7.91. The monoisotopic (exact) mass is 726 g/mol. The number of likely N-dealkylation sites (tertiary alicyclic amines) is 1. The molecule has 0 radical (unpaired) electrons. The van der Waals surface area contributed by atoms with E-state index in [0.717, 1.165) is 19.3 Å². The number of carbonyl (C=O) groups excluding carboxylic acids is 3. The van der Waals surface area contributed by atoms with E-state index >= 15 is 0 Å². The molecule has 1 saturated heterocycles. The van der Waals surface area contributed by atoms with Crippen molar-refractivity contribution in [3.63, 3.8) is 0 Å². The minimum atomic E-state index is -3.91. The molecule has 1 aliphatic heterocycles. The fourth-order valence-corrected chi connectivity index (χ4v) is 7.84. The van der Waals surface area contributed by atoms with Gasteiger partial charge in [0, 0.05) is 18.4 Å². The van der Waals surface area contributed by atoms with Crippen LogP contribution in [0.2, 0.25) is 0 Å². The van der Waals surface area contributed by atoms with Crippen LogP contribution >= 0.6 is 0 Å². The Morgan fingerprint density at radius 2 is 1.90 bits per heavy atom. The summed E-state index contributed by atoms with van der Waals surface area (Å²) < 4.78 is 39.1. The first-order valence-corrected chi connectivity index (χ1v) is 18.8. The van der Waals surface area contributed by atoms with Crippen LogP contribution < -0.4 is 24.8 Å². The minimum Gasteiger partial charge on any atom is -0.497 e. The van der Waals surface area contributed by atoms with E-state index in [1.54, 1.807) is 24.3 Å². The average molecular weight is 727 g/mol. The van der Waals surface area contributed by atoms with E-state index in [0.29, 0.717) is 48.2 Å². The Bertz CT molecular complexity index is 1800. The zero-order valence-corrected chi connectivity index (χ0v) is 29.7. The van der Waals surface area contributed by atoms with Gasteiger partial charge in [-0.1, -0.05) is 31.9 Å². The molecule has 4 N–H and O–H groups in total. The SMILES string of the molecule is C=CCCCCC[C@H](NC(=O)O)C(=O)N1C[C@H](Oc2nc3cc(OC)ccc3nc2CC)C[C@H]1C(=O)N[C@]1(C(=O)NS(=O)(=O)C2CC2)C[C@H]1C=C. The van der Waals surface area contributed by atoms with Crippen LogP contribution in [-0.2, 0) is 30.8 Å². The number of fused-ring (bicyclic) bond motifs is 1. The van der Waals surface area contributed by atoms with Crippen LogP contribution in [0.15, 0.2) is 43.5 Å². The summed E-state index contributed by atoms with van der Waals surface area (Å²) in [6.45, 7) is 9.26. The van der Waals surface area contributed by atoms with E-state index in [4.69, 9.17) is 9.47 Å². The molecule has 2 heterocycles. The van der Waals surface area contributed by atoms with E-state index < -0.39 is 68.7 Å². The van der Waals surface area contributed by atoms with Gasteiger partial charge in [0.2, 0.25) is 27.7 Å². The zero-order valence-electron chi connectivity index (χ0n) is 28.9. The number of nitrogens with zero attached hydrogens (tertiary/aromatic N) is 3. The molecule has 5 atom stereocenters. The van der Waals surface area contributed by atoms with Crippen molar-refractivity contribution < 1.29 is 42.2 Å². The van der Waals surface area contributed by atoms with Gasteiger partial charge in [0.15, 0.2) is 0 Å². The molecular formula is C35H46N6O9S. The third-order valence-corrected chi connectivity index (χ3v) is 11.4. The number of aryl methyl sites for hydroxylation is 1. The molecule has 3 aliphatic rings. The van der Waals surface area contributed by atoms with Crippen LogP contribution in [-0.4, -0.2) is 94.8 Å². The van der Waals surface area contributed by atoms with E-state index in [9.17, 15) is 32.7 Å². The van der Waals surface area contributed by atoms with Gasteiger partial charge in [0.25, 0.3) is 5.91 Å². The van der Waals surface area contributed by atoms with Crippen molar-refractivity contribution >= 4 is 44.9 Å². The molecule has 5 rings (SSSR count). The Balaban J connectivity index is 1.42.